The molecule has 112 valence electrons. The summed E-state index contributed by atoms with van der Waals surface area (Å²) in [5.74, 6) is -0.592. The Labute approximate surface area is 139 Å². The van der Waals surface area contributed by atoms with Gasteiger partial charge in [-0.25, -0.2) is 12.8 Å². The Balaban J connectivity index is 2.44. The first-order valence-electron chi connectivity index (χ1n) is 5.43. The van der Waals surface area contributed by atoms with E-state index in [0.717, 1.165) is 12.1 Å². The highest BCUT2D eigenvalue weighted by Gasteiger charge is 2.19. The zero-order chi connectivity index (χ0) is 15.8. The van der Waals surface area contributed by atoms with Gasteiger partial charge in [-0.15, -0.1) is 0 Å². The third-order valence-electron chi connectivity index (χ3n) is 2.53. The molecular weight excluding hydrogens is 406 g/mol. The minimum Gasteiger partial charge on any atom is -0.398 e. The minimum absolute atomic E-state index is 0.0333. The number of sulfonamides is 1. The molecule has 0 amide bonds. The molecule has 0 heterocycles. The van der Waals surface area contributed by atoms with Crippen molar-refractivity contribution in [1.29, 1.82) is 0 Å². The number of anilines is 2. The molecular formula is C12H8BrCl2FN2O2S. The Morgan fingerprint density at radius 2 is 1.81 bits per heavy atom. The van der Waals surface area contributed by atoms with Gasteiger partial charge >= 0.3 is 0 Å². The monoisotopic (exact) mass is 412 g/mol. The fourth-order valence-electron chi connectivity index (χ4n) is 1.51. The van der Waals surface area contributed by atoms with Crippen molar-refractivity contribution in [1.82, 2.24) is 0 Å². The smallest absolute Gasteiger partial charge is 0.262 e. The van der Waals surface area contributed by atoms with Crippen LogP contribution in [0.2, 0.25) is 10.0 Å². The molecule has 0 spiro atoms. The van der Waals surface area contributed by atoms with E-state index in [9.17, 15) is 12.8 Å². The summed E-state index contributed by atoms with van der Waals surface area (Å²) >= 11 is 14.7. The van der Waals surface area contributed by atoms with Crippen LogP contribution in [-0.4, -0.2) is 8.42 Å². The van der Waals surface area contributed by atoms with E-state index in [0.29, 0.717) is 0 Å². The Morgan fingerprint density at radius 3 is 2.38 bits per heavy atom. The van der Waals surface area contributed by atoms with Gasteiger partial charge in [-0.05, 0) is 46.3 Å². The average Bonchev–Trinajstić information content (AvgIpc) is 2.37. The summed E-state index contributed by atoms with van der Waals surface area (Å²) in [5.41, 5.74) is 5.83. The molecule has 2 aromatic rings. The topological polar surface area (TPSA) is 72.2 Å². The fourth-order valence-corrected chi connectivity index (χ4v) is 3.97. The first-order valence-corrected chi connectivity index (χ1v) is 8.46. The standard InChI is InChI=1S/C12H8BrCl2FN2O2S/c13-8-3-6(16)4-10(15)12(8)18-21(19,20)7-1-2-11(17)9(14)5-7/h1-5,18H,17H2. The second-order valence-electron chi connectivity index (χ2n) is 4.03. The van der Waals surface area contributed by atoms with Gasteiger partial charge in [0, 0.05) is 4.47 Å². The van der Waals surface area contributed by atoms with Gasteiger partial charge in [-0.1, -0.05) is 23.2 Å². The number of hydrogen-bond acceptors (Lipinski definition) is 3. The normalized spacial score (nSPS) is 11.4. The van der Waals surface area contributed by atoms with Crippen molar-refractivity contribution in [3.8, 4) is 0 Å². The predicted molar refractivity (Wildman–Crippen MR) is 85.8 cm³/mol. The predicted octanol–water partition coefficient (Wildman–Crippen LogP) is 4.28. The van der Waals surface area contributed by atoms with Crippen LogP contribution in [0.3, 0.4) is 0 Å². The molecule has 3 N–H and O–H groups in total. The van der Waals surface area contributed by atoms with Crippen LogP contribution in [0, 0.1) is 5.82 Å². The highest BCUT2D eigenvalue weighted by Crippen LogP contribution is 2.34. The van der Waals surface area contributed by atoms with Crippen LogP contribution in [0.4, 0.5) is 15.8 Å². The molecule has 0 radical (unpaired) electrons. The highest BCUT2D eigenvalue weighted by molar-refractivity contribution is 9.10. The number of rotatable bonds is 3. The molecule has 0 saturated heterocycles. The SMILES string of the molecule is Nc1ccc(S(=O)(=O)Nc2c(Cl)cc(F)cc2Br)cc1Cl. The van der Waals surface area contributed by atoms with Crippen LogP contribution < -0.4 is 10.5 Å². The van der Waals surface area contributed by atoms with Gasteiger partial charge in [0.1, 0.15) is 5.82 Å². The maximum Gasteiger partial charge on any atom is 0.262 e. The van der Waals surface area contributed by atoms with Crippen molar-refractivity contribution in [2.24, 2.45) is 0 Å². The molecule has 0 unspecified atom stereocenters. The summed E-state index contributed by atoms with van der Waals surface area (Å²) in [4.78, 5) is -0.0889. The van der Waals surface area contributed by atoms with Gasteiger partial charge in [0.25, 0.3) is 10.0 Å². The Hall–Kier alpha value is -1.02. The lowest BCUT2D eigenvalue weighted by Crippen LogP contribution is -2.14. The van der Waals surface area contributed by atoms with E-state index in [1.54, 1.807) is 0 Å². The lowest BCUT2D eigenvalue weighted by atomic mass is 10.3. The number of hydrogen-bond donors (Lipinski definition) is 2. The molecule has 0 fully saturated rings. The molecule has 0 aromatic heterocycles. The van der Waals surface area contributed by atoms with Crippen molar-refractivity contribution in [3.63, 3.8) is 0 Å². The van der Waals surface area contributed by atoms with E-state index >= 15 is 0 Å². The van der Waals surface area contributed by atoms with Crippen LogP contribution >= 0.6 is 39.1 Å². The third-order valence-corrected chi connectivity index (χ3v) is 5.12. The van der Waals surface area contributed by atoms with Crippen LogP contribution in [-0.2, 0) is 10.0 Å². The van der Waals surface area contributed by atoms with E-state index in [4.69, 9.17) is 28.9 Å². The maximum atomic E-state index is 13.1. The maximum absolute atomic E-state index is 13.1. The van der Waals surface area contributed by atoms with E-state index in [1.165, 1.54) is 18.2 Å². The number of nitrogen functional groups attached to an aromatic ring is 1. The lowest BCUT2D eigenvalue weighted by Gasteiger charge is -2.12. The van der Waals surface area contributed by atoms with Crippen molar-refractivity contribution < 1.29 is 12.8 Å². The summed E-state index contributed by atoms with van der Waals surface area (Å²) in [6.07, 6.45) is 0. The molecule has 0 atom stereocenters. The fraction of sp³-hybridized carbons (Fsp3) is 0. The van der Waals surface area contributed by atoms with Gasteiger partial charge < -0.3 is 5.73 Å². The number of halogens is 4. The zero-order valence-corrected chi connectivity index (χ0v) is 14.1. The molecule has 2 rings (SSSR count). The van der Waals surface area contributed by atoms with Crippen LogP contribution in [0.25, 0.3) is 0 Å². The molecule has 0 bridgehead atoms. The van der Waals surface area contributed by atoms with Crippen molar-refractivity contribution in [3.05, 3.63) is 50.7 Å². The van der Waals surface area contributed by atoms with Crippen LogP contribution in [0.15, 0.2) is 39.7 Å². The number of nitrogens with one attached hydrogen (secondary N) is 1. The summed E-state index contributed by atoms with van der Waals surface area (Å²) in [7, 11) is -3.94. The van der Waals surface area contributed by atoms with Gasteiger partial charge in [0.2, 0.25) is 0 Å². The van der Waals surface area contributed by atoms with Gasteiger partial charge in [-0.3, -0.25) is 4.72 Å². The van der Waals surface area contributed by atoms with Gasteiger partial charge in [0.05, 0.1) is 26.3 Å². The van der Waals surface area contributed by atoms with Gasteiger partial charge in [-0.2, -0.15) is 0 Å². The molecule has 21 heavy (non-hydrogen) atoms. The Bertz CT molecular complexity index is 792. The minimum atomic E-state index is -3.94. The average molecular weight is 414 g/mol. The second kappa shape index (κ2) is 6.00. The summed E-state index contributed by atoms with van der Waals surface area (Å²) in [6, 6.07) is 5.98. The Kier molecular flexibility index (Phi) is 4.67. The summed E-state index contributed by atoms with van der Waals surface area (Å²) < 4.78 is 40.1. The van der Waals surface area contributed by atoms with E-state index < -0.39 is 15.8 Å². The molecule has 0 aliphatic heterocycles. The van der Waals surface area contributed by atoms with E-state index in [2.05, 4.69) is 20.7 Å². The quantitative estimate of drug-likeness (QED) is 0.737. The summed E-state index contributed by atoms with van der Waals surface area (Å²) in [6.45, 7) is 0. The number of nitrogens with two attached hydrogens (primary N) is 1. The zero-order valence-electron chi connectivity index (χ0n) is 10.2. The highest BCUT2D eigenvalue weighted by atomic mass is 79.9. The van der Waals surface area contributed by atoms with Crippen molar-refractivity contribution in [2.45, 2.75) is 4.90 Å². The molecule has 0 saturated carbocycles. The van der Waals surface area contributed by atoms with Crippen LogP contribution in [0.1, 0.15) is 0 Å². The summed E-state index contributed by atoms with van der Waals surface area (Å²) in [5, 5.41) is 0.0362. The molecule has 0 aliphatic rings. The Morgan fingerprint density at radius 1 is 1.14 bits per heavy atom. The molecule has 4 nitrogen and oxygen atoms in total. The van der Waals surface area contributed by atoms with E-state index in [-0.39, 0.29) is 30.8 Å². The largest absolute Gasteiger partial charge is 0.398 e. The number of benzene rings is 2. The first-order chi connectivity index (χ1) is 9.70. The first kappa shape index (κ1) is 16.4. The second-order valence-corrected chi connectivity index (χ2v) is 7.38. The molecule has 2 aromatic carbocycles. The third kappa shape index (κ3) is 3.60. The lowest BCUT2D eigenvalue weighted by molar-refractivity contribution is 0.601. The molecule has 0 aliphatic carbocycles. The van der Waals surface area contributed by atoms with E-state index in [1.807, 2.05) is 0 Å². The van der Waals surface area contributed by atoms with Crippen molar-refractivity contribution >= 4 is 60.5 Å². The van der Waals surface area contributed by atoms with Crippen molar-refractivity contribution in [2.75, 3.05) is 10.5 Å². The van der Waals surface area contributed by atoms with Crippen LogP contribution in [0.5, 0.6) is 0 Å². The molecule has 9 heteroatoms. The van der Waals surface area contributed by atoms with Gasteiger partial charge in [0.15, 0.2) is 0 Å².